The second kappa shape index (κ2) is 7.24. The summed E-state index contributed by atoms with van der Waals surface area (Å²) in [6.07, 6.45) is 0. The van der Waals surface area contributed by atoms with Gasteiger partial charge in [0.2, 0.25) is 0 Å². The number of benzene rings is 2. The summed E-state index contributed by atoms with van der Waals surface area (Å²) >= 11 is 0. The molecule has 122 valence electrons. The van der Waals surface area contributed by atoms with Crippen LogP contribution in [0.1, 0.15) is 21.5 Å². The van der Waals surface area contributed by atoms with Gasteiger partial charge in [0, 0.05) is 38.3 Å². The van der Waals surface area contributed by atoms with Crippen LogP contribution in [0.2, 0.25) is 0 Å². The lowest BCUT2D eigenvalue weighted by Crippen LogP contribution is -2.48. The quantitative estimate of drug-likeness (QED) is 0.872. The van der Waals surface area contributed by atoms with Crippen LogP contribution in [-0.4, -0.2) is 41.9 Å². The Morgan fingerprint density at radius 3 is 2.46 bits per heavy atom. The number of carbonyl (C=O) groups is 1. The second-order valence-electron chi connectivity index (χ2n) is 5.89. The Labute approximate surface area is 140 Å². The number of piperazine rings is 1. The minimum Gasteiger partial charge on any atom is -0.336 e. The number of nitriles is 1. The number of halogens is 1. The first-order valence-corrected chi connectivity index (χ1v) is 7.92. The molecular formula is C19H18FN3O. The molecule has 2 aromatic carbocycles. The van der Waals surface area contributed by atoms with Crippen LogP contribution < -0.4 is 0 Å². The number of nitrogens with zero attached hydrogens (tertiary/aromatic N) is 3. The van der Waals surface area contributed by atoms with Gasteiger partial charge in [-0.15, -0.1) is 0 Å². The van der Waals surface area contributed by atoms with Gasteiger partial charge in [0.05, 0.1) is 11.6 Å². The van der Waals surface area contributed by atoms with Crippen molar-refractivity contribution in [3.05, 3.63) is 71.0 Å². The highest BCUT2D eigenvalue weighted by molar-refractivity contribution is 5.94. The molecule has 0 bridgehead atoms. The zero-order valence-electron chi connectivity index (χ0n) is 13.3. The minimum absolute atomic E-state index is 0.0338. The van der Waals surface area contributed by atoms with E-state index in [0.717, 1.165) is 25.2 Å². The molecule has 0 aromatic heterocycles. The molecule has 1 saturated heterocycles. The number of rotatable bonds is 3. The van der Waals surface area contributed by atoms with Gasteiger partial charge in [-0.25, -0.2) is 4.39 Å². The highest BCUT2D eigenvalue weighted by Gasteiger charge is 2.22. The minimum atomic E-state index is -0.228. The average Bonchev–Trinajstić information content (AvgIpc) is 2.64. The van der Waals surface area contributed by atoms with Crippen LogP contribution in [0.5, 0.6) is 0 Å². The Morgan fingerprint density at radius 2 is 1.79 bits per heavy atom. The van der Waals surface area contributed by atoms with E-state index in [4.69, 9.17) is 5.26 Å². The molecular weight excluding hydrogens is 305 g/mol. The SMILES string of the molecule is N#Cc1cccc(C(=O)N2CCN(Cc3ccc(F)cc3)CC2)c1. The Balaban J connectivity index is 1.57. The van der Waals surface area contributed by atoms with Crippen molar-refractivity contribution in [2.45, 2.75) is 6.54 Å². The smallest absolute Gasteiger partial charge is 0.253 e. The third-order valence-corrected chi connectivity index (χ3v) is 4.22. The van der Waals surface area contributed by atoms with E-state index in [2.05, 4.69) is 11.0 Å². The third kappa shape index (κ3) is 3.79. The molecule has 2 aromatic rings. The van der Waals surface area contributed by atoms with Gasteiger partial charge in [0.1, 0.15) is 5.82 Å². The van der Waals surface area contributed by atoms with Crippen LogP contribution in [0.4, 0.5) is 4.39 Å². The maximum atomic E-state index is 12.9. The van der Waals surface area contributed by atoms with Gasteiger partial charge in [0.15, 0.2) is 0 Å². The standard InChI is InChI=1S/C19H18FN3O/c20-18-6-4-15(5-7-18)14-22-8-10-23(11-9-22)19(24)17-3-1-2-16(12-17)13-21/h1-7,12H,8-11,14H2. The fourth-order valence-corrected chi connectivity index (χ4v) is 2.86. The molecule has 0 saturated carbocycles. The summed E-state index contributed by atoms with van der Waals surface area (Å²) in [4.78, 5) is 16.6. The van der Waals surface area contributed by atoms with Gasteiger partial charge >= 0.3 is 0 Å². The highest BCUT2D eigenvalue weighted by atomic mass is 19.1. The van der Waals surface area contributed by atoms with Crippen LogP contribution in [0.15, 0.2) is 48.5 Å². The molecule has 0 spiro atoms. The summed E-state index contributed by atoms with van der Waals surface area (Å²) in [5.41, 5.74) is 2.12. The predicted octanol–water partition coefficient (Wildman–Crippen LogP) is 2.66. The van der Waals surface area contributed by atoms with Gasteiger partial charge < -0.3 is 4.90 Å². The molecule has 1 aliphatic rings. The maximum absolute atomic E-state index is 12.9. The first-order valence-electron chi connectivity index (χ1n) is 7.92. The highest BCUT2D eigenvalue weighted by Crippen LogP contribution is 2.13. The summed E-state index contributed by atoms with van der Waals surface area (Å²) in [5, 5.41) is 8.94. The number of hydrogen-bond donors (Lipinski definition) is 0. The largest absolute Gasteiger partial charge is 0.336 e. The van der Waals surface area contributed by atoms with E-state index in [1.165, 1.54) is 12.1 Å². The van der Waals surface area contributed by atoms with Crippen LogP contribution in [0.3, 0.4) is 0 Å². The Bertz CT molecular complexity index is 759. The average molecular weight is 323 g/mol. The summed E-state index contributed by atoms with van der Waals surface area (Å²) in [6.45, 7) is 3.61. The molecule has 0 atom stereocenters. The molecule has 0 N–H and O–H groups in total. The maximum Gasteiger partial charge on any atom is 0.253 e. The topological polar surface area (TPSA) is 47.3 Å². The van der Waals surface area contributed by atoms with Gasteiger partial charge in [-0.2, -0.15) is 5.26 Å². The van der Waals surface area contributed by atoms with Crippen LogP contribution >= 0.6 is 0 Å². The lowest BCUT2D eigenvalue weighted by molar-refractivity contribution is 0.0628. The van der Waals surface area contributed by atoms with E-state index in [-0.39, 0.29) is 11.7 Å². The van der Waals surface area contributed by atoms with Gasteiger partial charge in [-0.05, 0) is 35.9 Å². The summed E-state index contributed by atoms with van der Waals surface area (Å²) < 4.78 is 12.9. The van der Waals surface area contributed by atoms with Gasteiger partial charge in [0.25, 0.3) is 5.91 Å². The van der Waals surface area contributed by atoms with E-state index in [1.807, 2.05) is 4.90 Å². The van der Waals surface area contributed by atoms with Crippen molar-refractivity contribution in [1.82, 2.24) is 9.80 Å². The molecule has 0 unspecified atom stereocenters. The molecule has 0 aliphatic carbocycles. The van der Waals surface area contributed by atoms with Crippen molar-refractivity contribution in [2.24, 2.45) is 0 Å². The molecule has 1 aliphatic heterocycles. The first kappa shape index (κ1) is 16.2. The van der Waals surface area contributed by atoms with Crippen molar-refractivity contribution >= 4 is 5.91 Å². The molecule has 5 heteroatoms. The predicted molar refractivity (Wildman–Crippen MR) is 88.7 cm³/mol. The van der Waals surface area contributed by atoms with Crippen LogP contribution in [0, 0.1) is 17.1 Å². The zero-order chi connectivity index (χ0) is 16.9. The van der Waals surface area contributed by atoms with Gasteiger partial charge in [-0.1, -0.05) is 18.2 Å². The number of amides is 1. The first-order chi connectivity index (χ1) is 11.7. The Hall–Kier alpha value is -2.71. The molecule has 4 nitrogen and oxygen atoms in total. The van der Waals surface area contributed by atoms with Crippen molar-refractivity contribution in [1.29, 1.82) is 5.26 Å². The fraction of sp³-hybridized carbons (Fsp3) is 0.263. The lowest BCUT2D eigenvalue weighted by Gasteiger charge is -2.34. The molecule has 24 heavy (non-hydrogen) atoms. The summed E-state index contributed by atoms with van der Waals surface area (Å²) in [7, 11) is 0. The Morgan fingerprint density at radius 1 is 1.08 bits per heavy atom. The van der Waals surface area contributed by atoms with E-state index in [1.54, 1.807) is 36.4 Å². The third-order valence-electron chi connectivity index (χ3n) is 4.22. The molecule has 3 rings (SSSR count). The van der Waals surface area contributed by atoms with E-state index < -0.39 is 0 Å². The van der Waals surface area contributed by atoms with Crippen molar-refractivity contribution in [3.63, 3.8) is 0 Å². The van der Waals surface area contributed by atoms with Gasteiger partial charge in [-0.3, -0.25) is 9.69 Å². The van der Waals surface area contributed by atoms with Crippen molar-refractivity contribution in [2.75, 3.05) is 26.2 Å². The monoisotopic (exact) mass is 323 g/mol. The normalized spacial score (nSPS) is 15.1. The van der Waals surface area contributed by atoms with Crippen LogP contribution in [0.25, 0.3) is 0 Å². The molecule has 1 amide bonds. The lowest BCUT2D eigenvalue weighted by atomic mass is 10.1. The van der Waals surface area contributed by atoms with Crippen molar-refractivity contribution in [3.8, 4) is 6.07 Å². The molecule has 1 fully saturated rings. The van der Waals surface area contributed by atoms with E-state index >= 15 is 0 Å². The second-order valence-corrected chi connectivity index (χ2v) is 5.89. The van der Waals surface area contributed by atoms with Crippen molar-refractivity contribution < 1.29 is 9.18 Å². The fourth-order valence-electron chi connectivity index (χ4n) is 2.86. The molecule has 1 heterocycles. The number of hydrogen-bond acceptors (Lipinski definition) is 3. The van der Waals surface area contributed by atoms with E-state index in [9.17, 15) is 9.18 Å². The Kier molecular flexibility index (Phi) is 4.88. The summed E-state index contributed by atoms with van der Waals surface area (Å²) in [5.74, 6) is -0.262. The molecule has 0 radical (unpaired) electrons. The number of carbonyl (C=O) groups excluding carboxylic acids is 1. The summed E-state index contributed by atoms with van der Waals surface area (Å²) in [6, 6.07) is 15.4. The van der Waals surface area contributed by atoms with E-state index in [0.29, 0.717) is 24.2 Å². The zero-order valence-corrected chi connectivity index (χ0v) is 13.3. The van der Waals surface area contributed by atoms with Crippen LogP contribution in [-0.2, 0) is 6.54 Å².